The Morgan fingerprint density at radius 2 is 1.79 bits per heavy atom. The van der Waals surface area contributed by atoms with E-state index >= 15 is 0 Å². The molecule has 0 N–H and O–H groups in total. The zero-order valence-electron chi connectivity index (χ0n) is 17.4. The van der Waals surface area contributed by atoms with E-state index in [4.69, 9.17) is 4.74 Å². The third-order valence-electron chi connectivity index (χ3n) is 6.59. The highest BCUT2D eigenvalue weighted by atomic mass is 32.2. The highest BCUT2D eigenvalue weighted by molar-refractivity contribution is 7.88. The van der Waals surface area contributed by atoms with Crippen LogP contribution in [-0.2, 0) is 16.6 Å². The molecule has 0 bridgehead atoms. The van der Waals surface area contributed by atoms with Crippen molar-refractivity contribution in [2.75, 3.05) is 33.0 Å². The molecule has 6 heteroatoms. The van der Waals surface area contributed by atoms with Gasteiger partial charge < -0.3 is 4.74 Å². The lowest BCUT2D eigenvalue weighted by molar-refractivity contribution is 0.130. The standard InChI is InChI=1S/C23H30N2O3S/c1-17-6-4-5-7-19(17)14-24-13-12-23-22(15-24)21(16-25(23)29(3,26)27)18-8-10-20(28-2)11-9-18/h4-11,21-23H,12-16H2,1-3H3/t21-,22-,23-/m1/s1. The summed E-state index contributed by atoms with van der Waals surface area (Å²) in [6, 6.07) is 16.7. The molecule has 2 fully saturated rings. The molecule has 0 aliphatic carbocycles. The van der Waals surface area contributed by atoms with Gasteiger partial charge in [-0.1, -0.05) is 36.4 Å². The first kappa shape index (κ1) is 20.4. The van der Waals surface area contributed by atoms with E-state index in [1.165, 1.54) is 22.9 Å². The van der Waals surface area contributed by atoms with Crippen LogP contribution < -0.4 is 4.74 Å². The molecule has 0 amide bonds. The lowest BCUT2D eigenvalue weighted by atomic mass is 9.81. The van der Waals surface area contributed by atoms with Gasteiger partial charge in [-0.3, -0.25) is 4.90 Å². The van der Waals surface area contributed by atoms with Crippen molar-refractivity contribution in [3.63, 3.8) is 0 Å². The minimum absolute atomic E-state index is 0.0882. The third kappa shape index (κ3) is 4.20. The van der Waals surface area contributed by atoms with Crippen LogP contribution in [0.3, 0.4) is 0 Å². The number of hydrogen-bond donors (Lipinski definition) is 0. The number of methoxy groups -OCH3 is 1. The normalized spacial score (nSPS) is 25.7. The Balaban J connectivity index is 1.59. The first-order chi connectivity index (χ1) is 13.9. The van der Waals surface area contributed by atoms with E-state index in [1.54, 1.807) is 11.4 Å². The molecular weight excluding hydrogens is 384 g/mol. The summed E-state index contributed by atoms with van der Waals surface area (Å²) in [5, 5.41) is 0. The van der Waals surface area contributed by atoms with E-state index < -0.39 is 10.0 Å². The fourth-order valence-electron chi connectivity index (χ4n) is 5.01. The summed E-state index contributed by atoms with van der Waals surface area (Å²) < 4.78 is 32.0. The fraction of sp³-hybridized carbons (Fsp3) is 0.478. The Kier molecular flexibility index (Phi) is 5.69. The number of hydrogen-bond acceptors (Lipinski definition) is 4. The molecule has 2 aromatic rings. The van der Waals surface area contributed by atoms with Gasteiger partial charge in [-0.25, -0.2) is 8.42 Å². The van der Waals surface area contributed by atoms with Gasteiger partial charge in [-0.2, -0.15) is 4.31 Å². The number of rotatable bonds is 5. The lowest BCUT2D eigenvalue weighted by Crippen LogP contribution is -2.47. The van der Waals surface area contributed by atoms with Crippen molar-refractivity contribution in [1.29, 1.82) is 0 Å². The Bertz CT molecular complexity index is 958. The number of aryl methyl sites for hydroxylation is 1. The molecule has 0 aromatic heterocycles. The second-order valence-corrected chi connectivity index (χ2v) is 10.3. The van der Waals surface area contributed by atoms with E-state index in [9.17, 15) is 8.42 Å². The quantitative estimate of drug-likeness (QED) is 0.754. The molecule has 0 unspecified atom stereocenters. The van der Waals surface area contributed by atoms with Crippen molar-refractivity contribution < 1.29 is 13.2 Å². The number of sulfonamides is 1. The first-order valence-corrected chi connectivity index (χ1v) is 12.1. The summed E-state index contributed by atoms with van der Waals surface area (Å²) in [5.41, 5.74) is 3.86. The van der Waals surface area contributed by atoms with Crippen LogP contribution in [0.1, 0.15) is 29.0 Å². The van der Waals surface area contributed by atoms with Gasteiger partial charge in [0, 0.05) is 38.1 Å². The molecule has 4 rings (SSSR count). The zero-order chi connectivity index (χ0) is 20.6. The Morgan fingerprint density at radius 1 is 1.07 bits per heavy atom. The van der Waals surface area contributed by atoms with E-state index in [-0.39, 0.29) is 12.0 Å². The van der Waals surface area contributed by atoms with Gasteiger partial charge in [0.2, 0.25) is 10.0 Å². The second-order valence-electron chi connectivity index (χ2n) is 8.39. The van der Waals surface area contributed by atoms with Gasteiger partial charge in [0.1, 0.15) is 5.75 Å². The Morgan fingerprint density at radius 3 is 2.45 bits per heavy atom. The van der Waals surface area contributed by atoms with Crippen molar-refractivity contribution in [2.45, 2.75) is 31.8 Å². The molecule has 0 spiro atoms. The average Bonchev–Trinajstić information content (AvgIpc) is 3.09. The van der Waals surface area contributed by atoms with Crippen LogP contribution in [0.25, 0.3) is 0 Å². The largest absolute Gasteiger partial charge is 0.497 e. The molecular formula is C23H30N2O3S. The van der Waals surface area contributed by atoms with E-state index in [2.05, 4.69) is 48.2 Å². The van der Waals surface area contributed by atoms with Gasteiger partial charge in [-0.15, -0.1) is 0 Å². The van der Waals surface area contributed by atoms with Crippen molar-refractivity contribution in [3.8, 4) is 5.75 Å². The first-order valence-electron chi connectivity index (χ1n) is 10.2. The summed E-state index contributed by atoms with van der Waals surface area (Å²) in [5.74, 6) is 1.34. The SMILES string of the molecule is COc1ccc([C@H]2CN(S(C)(=O)=O)[C@@H]3CCN(Cc4ccccc4C)C[C@H]23)cc1. The summed E-state index contributed by atoms with van der Waals surface area (Å²) in [4.78, 5) is 2.49. The predicted molar refractivity (Wildman–Crippen MR) is 116 cm³/mol. The molecule has 0 radical (unpaired) electrons. The maximum Gasteiger partial charge on any atom is 0.211 e. The van der Waals surface area contributed by atoms with E-state index in [0.717, 1.165) is 31.8 Å². The third-order valence-corrected chi connectivity index (χ3v) is 7.86. The molecule has 156 valence electrons. The minimum Gasteiger partial charge on any atom is -0.497 e. The van der Waals surface area contributed by atoms with Crippen molar-refractivity contribution in [3.05, 3.63) is 65.2 Å². The predicted octanol–water partition coefficient (Wildman–Crippen LogP) is 3.25. The molecule has 5 nitrogen and oxygen atoms in total. The maximum atomic E-state index is 12.5. The van der Waals surface area contributed by atoms with Crippen LogP contribution in [0.2, 0.25) is 0 Å². The van der Waals surface area contributed by atoms with Gasteiger partial charge >= 0.3 is 0 Å². The molecule has 0 saturated carbocycles. The maximum absolute atomic E-state index is 12.5. The van der Waals surface area contributed by atoms with Crippen LogP contribution >= 0.6 is 0 Å². The number of likely N-dealkylation sites (tertiary alicyclic amines) is 1. The lowest BCUT2D eigenvalue weighted by Gasteiger charge is -2.38. The number of benzene rings is 2. The van der Waals surface area contributed by atoms with Crippen molar-refractivity contribution in [2.24, 2.45) is 5.92 Å². The summed E-state index contributed by atoms with van der Waals surface area (Å²) >= 11 is 0. The van der Waals surface area contributed by atoms with E-state index in [0.29, 0.717) is 12.5 Å². The second kappa shape index (κ2) is 8.09. The number of ether oxygens (including phenoxy) is 1. The van der Waals surface area contributed by atoms with Crippen LogP contribution in [0, 0.1) is 12.8 Å². The van der Waals surface area contributed by atoms with Gasteiger partial charge in [0.25, 0.3) is 0 Å². The summed E-state index contributed by atoms with van der Waals surface area (Å²) in [7, 11) is -1.56. The van der Waals surface area contributed by atoms with Crippen LogP contribution in [0.4, 0.5) is 0 Å². The minimum atomic E-state index is -3.22. The monoisotopic (exact) mass is 414 g/mol. The smallest absolute Gasteiger partial charge is 0.211 e. The molecule has 2 aliphatic rings. The number of fused-ring (bicyclic) bond motifs is 1. The summed E-state index contributed by atoms with van der Waals surface area (Å²) in [6.07, 6.45) is 2.23. The Hall–Kier alpha value is -1.89. The average molecular weight is 415 g/mol. The zero-order valence-corrected chi connectivity index (χ0v) is 18.2. The van der Waals surface area contributed by atoms with Gasteiger partial charge in [-0.05, 0) is 48.1 Å². The summed E-state index contributed by atoms with van der Waals surface area (Å²) in [6.45, 7) is 5.49. The number of piperidine rings is 1. The highest BCUT2D eigenvalue weighted by Crippen LogP contribution is 2.43. The number of nitrogens with zero attached hydrogens (tertiary/aromatic N) is 2. The van der Waals surface area contributed by atoms with Crippen molar-refractivity contribution in [1.82, 2.24) is 9.21 Å². The van der Waals surface area contributed by atoms with Gasteiger partial charge in [0.15, 0.2) is 0 Å². The van der Waals surface area contributed by atoms with Crippen LogP contribution in [-0.4, -0.2) is 56.7 Å². The molecule has 3 atom stereocenters. The van der Waals surface area contributed by atoms with Crippen molar-refractivity contribution >= 4 is 10.0 Å². The highest BCUT2D eigenvalue weighted by Gasteiger charge is 2.48. The molecule has 2 aromatic carbocycles. The molecule has 2 aliphatic heterocycles. The van der Waals surface area contributed by atoms with Crippen LogP contribution in [0.5, 0.6) is 5.75 Å². The molecule has 2 heterocycles. The Labute approximate surface area is 174 Å². The van der Waals surface area contributed by atoms with Crippen LogP contribution in [0.15, 0.2) is 48.5 Å². The molecule has 29 heavy (non-hydrogen) atoms. The van der Waals surface area contributed by atoms with Gasteiger partial charge in [0.05, 0.1) is 13.4 Å². The fourth-order valence-corrected chi connectivity index (χ4v) is 6.20. The van der Waals surface area contributed by atoms with E-state index in [1.807, 2.05) is 12.1 Å². The topological polar surface area (TPSA) is 49.9 Å². The molecule has 2 saturated heterocycles.